The van der Waals surface area contributed by atoms with Gasteiger partial charge in [0.25, 0.3) is 11.8 Å². The molecule has 2 aromatic carbocycles. The van der Waals surface area contributed by atoms with Crippen LogP contribution in [0, 0.1) is 6.92 Å². The van der Waals surface area contributed by atoms with Gasteiger partial charge >= 0.3 is 0 Å². The standard InChI is InChI=1S/C23H26N2O2S2/c1-16-6-4-7-19(22(27)25-12-2-3-13-25)20(16)24-21(26)17-8-10-18(11-9-17)23-28-14-5-15-29-23/h4,6-11,23H,2-3,5,12-15H2,1H3,(H,24,26). The molecule has 2 aliphatic heterocycles. The molecule has 2 saturated heterocycles. The van der Waals surface area contributed by atoms with Crippen LogP contribution in [0.15, 0.2) is 42.5 Å². The summed E-state index contributed by atoms with van der Waals surface area (Å²) in [5, 5.41) is 3.00. The van der Waals surface area contributed by atoms with E-state index in [-0.39, 0.29) is 11.8 Å². The minimum atomic E-state index is -0.176. The first-order valence-corrected chi connectivity index (χ1v) is 12.3. The van der Waals surface area contributed by atoms with Gasteiger partial charge in [0.2, 0.25) is 0 Å². The van der Waals surface area contributed by atoms with Gasteiger partial charge in [-0.2, -0.15) is 0 Å². The molecule has 2 heterocycles. The van der Waals surface area contributed by atoms with E-state index in [1.807, 2.05) is 65.7 Å². The monoisotopic (exact) mass is 426 g/mol. The van der Waals surface area contributed by atoms with Crippen LogP contribution < -0.4 is 5.32 Å². The number of para-hydroxylation sites is 1. The zero-order valence-corrected chi connectivity index (χ0v) is 18.3. The van der Waals surface area contributed by atoms with E-state index in [0.717, 1.165) is 31.5 Å². The van der Waals surface area contributed by atoms with Crippen LogP contribution in [0.1, 0.15) is 55.7 Å². The molecule has 2 aromatic rings. The Morgan fingerprint density at radius 1 is 0.966 bits per heavy atom. The first-order chi connectivity index (χ1) is 14.1. The third kappa shape index (κ3) is 4.64. The third-order valence-corrected chi connectivity index (χ3v) is 8.42. The number of nitrogens with zero attached hydrogens (tertiary/aromatic N) is 1. The third-order valence-electron chi connectivity index (χ3n) is 5.41. The van der Waals surface area contributed by atoms with Crippen molar-refractivity contribution in [2.45, 2.75) is 30.8 Å². The highest BCUT2D eigenvalue weighted by molar-refractivity contribution is 8.16. The van der Waals surface area contributed by atoms with Gasteiger partial charge < -0.3 is 10.2 Å². The first kappa shape index (κ1) is 20.4. The summed E-state index contributed by atoms with van der Waals surface area (Å²) >= 11 is 3.95. The number of carbonyl (C=O) groups excluding carboxylic acids is 2. The summed E-state index contributed by atoms with van der Waals surface area (Å²) in [6.45, 7) is 3.51. The van der Waals surface area contributed by atoms with Gasteiger partial charge in [0.1, 0.15) is 0 Å². The van der Waals surface area contributed by atoms with Crippen LogP contribution in [0.3, 0.4) is 0 Å². The zero-order valence-electron chi connectivity index (χ0n) is 16.6. The lowest BCUT2D eigenvalue weighted by molar-refractivity contribution is 0.0794. The van der Waals surface area contributed by atoms with Gasteiger partial charge in [-0.1, -0.05) is 24.3 Å². The van der Waals surface area contributed by atoms with E-state index in [1.165, 1.54) is 23.5 Å². The Hall–Kier alpha value is -1.92. The molecule has 1 N–H and O–H groups in total. The number of thioether (sulfide) groups is 2. The molecule has 4 nitrogen and oxygen atoms in total. The van der Waals surface area contributed by atoms with Crippen molar-refractivity contribution in [3.8, 4) is 0 Å². The number of rotatable bonds is 4. The number of hydrogen-bond acceptors (Lipinski definition) is 4. The van der Waals surface area contributed by atoms with Crippen LogP contribution in [0.2, 0.25) is 0 Å². The fraction of sp³-hybridized carbons (Fsp3) is 0.391. The first-order valence-electron chi connectivity index (χ1n) is 10.2. The second-order valence-corrected chi connectivity index (χ2v) is 10.2. The van der Waals surface area contributed by atoms with Crippen LogP contribution in [0.4, 0.5) is 5.69 Å². The number of aryl methyl sites for hydroxylation is 1. The summed E-state index contributed by atoms with van der Waals surface area (Å²) in [5.41, 5.74) is 3.97. The lowest BCUT2D eigenvalue weighted by Crippen LogP contribution is -2.29. The molecule has 0 atom stereocenters. The van der Waals surface area contributed by atoms with E-state index in [9.17, 15) is 9.59 Å². The lowest BCUT2D eigenvalue weighted by atomic mass is 10.1. The van der Waals surface area contributed by atoms with Crippen molar-refractivity contribution in [3.05, 3.63) is 64.7 Å². The van der Waals surface area contributed by atoms with Crippen molar-refractivity contribution in [1.29, 1.82) is 0 Å². The van der Waals surface area contributed by atoms with Crippen molar-refractivity contribution in [2.75, 3.05) is 29.9 Å². The summed E-state index contributed by atoms with van der Waals surface area (Å²) < 4.78 is 0.460. The summed E-state index contributed by atoms with van der Waals surface area (Å²) in [7, 11) is 0. The van der Waals surface area contributed by atoms with E-state index in [0.29, 0.717) is 21.4 Å². The second-order valence-electron chi connectivity index (χ2n) is 7.50. The Morgan fingerprint density at radius 2 is 1.66 bits per heavy atom. The van der Waals surface area contributed by atoms with Gasteiger partial charge in [0, 0.05) is 18.7 Å². The quantitative estimate of drug-likeness (QED) is 0.716. The van der Waals surface area contributed by atoms with Crippen LogP contribution in [-0.4, -0.2) is 41.3 Å². The topological polar surface area (TPSA) is 49.4 Å². The van der Waals surface area contributed by atoms with Gasteiger partial charge in [0.05, 0.1) is 15.8 Å². The molecule has 2 aliphatic rings. The lowest BCUT2D eigenvalue weighted by Gasteiger charge is -2.21. The molecule has 4 rings (SSSR count). The molecular formula is C23H26N2O2S2. The Balaban J connectivity index is 1.51. The number of amides is 2. The average Bonchev–Trinajstić information content (AvgIpc) is 3.30. The summed E-state index contributed by atoms with van der Waals surface area (Å²) in [4.78, 5) is 27.7. The van der Waals surface area contributed by atoms with Crippen molar-refractivity contribution in [1.82, 2.24) is 4.90 Å². The summed E-state index contributed by atoms with van der Waals surface area (Å²) in [5.74, 6) is 2.22. The van der Waals surface area contributed by atoms with Crippen molar-refractivity contribution in [3.63, 3.8) is 0 Å². The maximum Gasteiger partial charge on any atom is 0.255 e. The second kappa shape index (κ2) is 9.26. The van der Waals surface area contributed by atoms with E-state index in [4.69, 9.17) is 0 Å². The number of likely N-dealkylation sites (tertiary alicyclic amines) is 1. The highest BCUT2D eigenvalue weighted by Gasteiger charge is 2.24. The number of nitrogens with one attached hydrogen (secondary N) is 1. The Kier molecular flexibility index (Phi) is 6.50. The van der Waals surface area contributed by atoms with Crippen LogP contribution >= 0.6 is 23.5 Å². The van der Waals surface area contributed by atoms with E-state index in [2.05, 4.69) is 17.4 Å². The number of carbonyl (C=O) groups is 2. The molecule has 0 bridgehead atoms. The molecule has 6 heteroatoms. The van der Waals surface area contributed by atoms with Crippen LogP contribution in [0.5, 0.6) is 0 Å². The summed E-state index contributed by atoms with van der Waals surface area (Å²) in [6.07, 6.45) is 3.35. The Morgan fingerprint density at radius 3 is 2.34 bits per heavy atom. The fourth-order valence-electron chi connectivity index (χ4n) is 3.76. The summed E-state index contributed by atoms with van der Waals surface area (Å²) in [6, 6.07) is 13.5. The highest BCUT2D eigenvalue weighted by atomic mass is 32.2. The molecule has 0 aliphatic carbocycles. The zero-order chi connectivity index (χ0) is 20.2. The SMILES string of the molecule is Cc1cccc(C(=O)N2CCCC2)c1NC(=O)c1ccc(C2SCCCS2)cc1. The average molecular weight is 427 g/mol. The van der Waals surface area contributed by atoms with Crippen LogP contribution in [-0.2, 0) is 0 Å². The van der Waals surface area contributed by atoms with Gasteiger partial charge in [-0.05, 0) is 67.0 Å². The maximum atomic E-state index is 12.9. The number of anilines is 1. The molecular weight excluding hydrogens is 400 g/mol. The minimum Gasteiger partial charge on any atom is -0.339 e. The largest absolute Gasteiger partial charge is 0.339 e. The van der Waals surface area contributed by atoms with E-state index < -0.39 is 0 Å². The fourth-order valence-corrected chi connectivity index (χ4v) is 6.65. The normalized spacial score (nSPS) is 17.3. The van der Waals surface area contributed by atoms with Crippen molar-refractivity contribution in [2.24, 2.45) is 0 Å². The number of hydrogen-bond donors (Lipinski definition) is 1. The minimum absolute atomic E-state index is 0.00296. The molecule has 0 aromatic heterocycles. The van der Waals surface area contributed by atoms with Crippen molar-refractivity contribution < 1.29 is 9.59 Å². The Labute approximate surface area is 180 Å². The molecule has 0 spiro atoms. The van der Waals surface area contributed by atoms with E-state index in [1.54, 1.807) is 0 Å². The number of benzene rings is 2. The molecule has 29 heavy (non-hydrogen) atoms. The molecule has 0 unspecified atom stereocenters. The molecule has 0 saturated carbocycles. The maximum absolute atomic E-state index is 12.9. The van der Waals surface area contributed by atoms with E-state index >= 15 is 0 Å². The van der Waals surface area contributed by atoms with Gasteiger partial charge in [0.15, 0.2) is 0 Å². The van der Waals surface area contributed by atoms with Crippen molar-refractivity contribution >= 4 is 41.0 Å². The smallest absolute Gasteiger partial charge is 0.255 e. The van der Waals surface area contributed by atoms with Gasteiger partial charge in [-0.15, -0.1) is 23.5 Å². The predicted molar refractivity (Wildman–Crippen MR) is 123 cm³/mol. The van der Waals surface area contributed by atoms with Gasteiger partial charge in [-0.3, -0.25) is 9.59 Å². The Bertz CT molecular complexity index is 886. The molecule has 152 valence electrons. The highest BCUT2D eigenvalue weighted by Crippen LogP contribution is 2.43. The van der Waals surface area contributed by atoms with Gasteiger partial charge in [-0.25, -0.2) is 0 Å². The molecule has 0 radical (unpaired) electrons. The molecule has 2 fully saturated rings. The molecule has 2 amide bonds. The predicted octanol–water partition coefficient (Wildman–Crippen LogP) is 5.35. The van der Waals surface area contributed by atoms with Crippen LogP contribution in [0.25, 0.3) is 0 Å².